The van der Waals surface area contributed by atoms with Gasteiger partial charge < -0.3 is 11.1 Å². The quantitative estimate of drug-likeness (QED) is 0.349. The number of hydrogen-bond donors (Lipinski definition) is 2. The van der Waals surface area contributed by atoms with Crippen LogP contribution in [0, 0.1) is 0 Å². The molecule has 0 aliphatic heterocycles. The van der Waals surface area contributed by atoms with Gasteiger partial charge in [0, 0.05) is 11.1 Å². The number of rotatable bonds is 5. The highest BCUT2D eigenvalue weighted by molar-refractivity contribution is 5.94. The molecule has 2 heteroatoms. The zero-order valence-corrected chi connectivity index (χ0v) is 16.2. The third kappa shape index (κ3) is 4.02. The highest BCUT2D eigenvalue weighted by atomic mass is 14.9. The zero-order chi connectivity index (χ0) is 28.0. The van der Waals surface area contributed by atoms with Crippen LogP contribution in [0.15, 0.2) is 96.8 Å². The molecule has 4 aromatic carbocycles. The Bertz CT molecular complexity index is 1550. The molecular formula is C27H26N2. The standard InChI is InChI=1S/C27H26N2/c1-19(2)22-17-23(20-11-5-3-6-12-20)27(29-26-16-10-9-15-25(26)28)24(18-22)21-13-7-4-8-14-21/h3-19,29H,28H2,1-2H3/i3D,4D,5D,6D,7D,8D,11D,12D,13D. The van der Waals surface area contributed by atoms with E-state index in [0.29, 0.717) is 28.2 Å². The van der Waals surface area contributed by atoms with Crippen molar-refractivity contribution in [1.29, 1.82) is 0 Å². The fourth-order valence-electron chi connectivity index (χ4n) is 3.10. The molecule has 3 N–H and O–H groups in total. The van der Waals surface area contributed by atoms with Crippen LogP contribution in [-0.2, 0) is 0 Å². The SMILES string of the molecule is [2H]c1cc(-c2cc(C(C)C)cc(-c3c([2H])c([2H])c([2H])c([2H])c3[2H])c2Nc2ccccc2N)c([2H])c([2H])c1[2H]. The lowest BCUT2D eigenvalue weighted by Crippen LogP contribution is -2.02. The summed E-state index contributed by atoms with van der Waals surface area (Å²) in [5.74, 6) is -0.0521. The van der Waals surface area contributed by atoms with Gasteiger partial charge in [-0.05, 0) is 46.9 Å². The van der Waals surface area contributed by atoms with E-state index in [-0.39, 0.29) is 47.3 Å². The number of hydrogen-bond acceptors (Lipinski definition) is 2. The van der Waals surface area contributed by atoms with Crippen LogP contribution in [-0.4, -0.2) is 0 Å². The molecule has 0 aromatic heterocycles. The Balaban J connectivity index is 2.21. The van der Waals surface area contributed by atoms with Crippen LogP contribution < -0.4 is 11.1 Å². The summed E-state index contributed by atoms with van der Waals surface area (Å²) in [7, 11) is 0. The first-order chi connectivity index (χ1) is 17.8. The molecule has 0 spiro atoms. The maximum absolute atomic E-state index is 8.64. The van der Waals surface area contributed by atoms with Crippen LogP contribution in [0.2, 0.25) is 0 Å². The van der Waals surface area contributed by atoms with E-state index in [1.165, 1.54) is 6.07 Å². The number of nitrogen functional groups attached to an aromatic ring is 1. The number of para-hydroxylation sites is 2. The van der Waals surface area contributed by atoms with Crippen LogP contribution in [0.3, 0.4) is 0 Å². The molecule has 2 nitrogen and oxygen atoms in total. The van der Waals surface area contributed by atoms with Gasteiger partial charge in [-0.1, -0.05) is 86.4 Å². The van der Waals surface area contributed by atoms with Crippen molar-refractivity contribution >= 4 is 17.1 Å². The predicted octanol–water partition coefficient (Wildman–Crippen LogP) is 7.47. The first-order valence-electron chi connectivity index (χ1n) is 13.8. The second kappa shape index (κ2) is 8.24. The molecule has 4 aromatic rings. The van der Waals surface area contributed by atoms with Crippen LogP contribution in [0.5, 0.6) is 0 Å². The number of anilines is 3. The zero-order valence-electron chi connectivity index (χ0n) is 25.2. The minimum Gasteiger partial charge on any atom is -0.397 e. The molecule has 0 saturated carbocycles. The van der Waals surface area contributed by atoms with Crippen LogP contribution in [0.25, 0.3) is 22.3 Å². The summed E-state index contributed by atoms with van der Waals surface area (Å²) in [6.07, 6.45) is 0. The minimum absolute atomic E-state index is 0.0300. The van der Waals surface area contributed by atoms with E-state index in [0.717, 1.165) is 5.56 Å². The summed E-state index contributed by atoms with van der Waals surface area (Å²) in [6.45, 7) is 3.88. The normalized spacial score (nSPS) is 15.2. The van der Waals surface area contributed by atoms with Gasteiger partial charge in [-0.3, -0.25) is 0 Å². The Labute approximate surface area is 185 Å². The number of nitrogens with two attached hydrogens (primary N) is 1. The fraction of sp³-hybridized carbons (Fsp3) is 0.111. The van der Waals surface area contributed by atoms with Gasteiger partial charge in [0.25, 0.3) is 0 Å². The van der Waals surface area contributed by atoms with Gasteiger partial charge in [0.1, 0.15) is 0 Å². The second-order valence-electron chi connectivity index (χ2n) is 6.94. The van der Waals surface area contributed by atoms with E-state index in [1.54, 1.807) is 36.4 Å². The third-order valence-electron chi connectivity index (χ3n) is 4.66. The van der Waals surface area contributed by atoms with Crippen LogP contribution >= 0.6 is 0 Å². The van der Waals surface area contributed by atoms with Crippen LogP contribution in [0.4, 0.5) is 17.1 Å². The van der Waals surface area contributed by atoms with Gasteiger partial charge in [-0.25, -0.2) is 0 Å². The molecule has 0 atom stereocenters. The highest BCUT2D eigenvalue weighted by Crippen LogP contribution is 2.42. The summed E-state index contributed by atoms with van der Waals surface area (Å²) < 4.78 is 74.8. The molecule has 0 radical (unpaired) electrons. The molecule has 0 aliphatic rings. The maximum atomic E-state index is 8.64. The Hall–Kier alpha value is -3.52. The lowest BCUT2D eigenvalue weighted by molar-refractivity contribution is 0.868. The molecule has 29 heavy (non-hydrogen) atoms. The topological polar surface area (TPSA) is 38.0 Å². The molecule has 144 valence electrons. The monoisotopic (exact) mass is 387 g/mol. The van der Waals surface area contributed by atoms with Gasteiger partial charge in [-0.2, -0.15) is 0 Å². The van der Waals surface area contributed by atoms with Gasteiger partial charge in [0.05, 0.1) is 29.4 Å². The lowest BCUT2D eigenvalue weighted by Gasteiger charge is -2.21. The summed E-state index contributed by atoms with van der Waals surface area (Å²) in [4.78, 5) is 0. The summed E-state index contributed by atoms with van der Waals surface area (Å²) >= 11 is 0. The third-order valence-corrected chi connectivity index (χ3v) is 4.66. The minimum atomic E-state index is -0.511. The summed E-state index contributed by atoms with van der Waals surface area (Å²) in [6, 6.07) is 8.29. The van der Waals surface area contributed by atoms with E-state index in [9.17, 15) is 0 Å². The van der Waals surface area contributed by atoms with Crippen molar-refractivity contribution in [2.75, 3.05) is 11.1 Å². The Kier molecular flexibility index (Phi) is 3.09. The molecular weight excluding hydrogens is 352 g/mol. The number of nitrogens with one attached hydrogen (secondary N) is 1. The molecule has 0 heterocycles. The average Bonchev–Trinajstić information content (AvgIpc) is 2.89. The predicted molar refractivity (Wildman–Crippen MR) is 126 cm³/mol. The van der Waals surface area contributed by atoms with Crippen molar-refractivity contribution in [2.24, 2.45) is 0 Å². The molecule has 0 unspecified atom stereocenters. The first-order valence-corrected chi connectivity index (χ1v) is 9.29. The first kappa shape index (κ1) is 10.9. The van der Waals surface area contributed by atoms with Gasteiger partial charge in [-0.15, -0.1) is 0 Å². The largest absolute Gasteiger partial charge is 0.397 e. The van der Waals surface area contributed by atoms with E-state index in [1.807, 2.05) is 13.8 Å². The second-order valence-corrected chi connectivity index (χ2v) is 6.94. The van der Waals surface area contributed by atoms with Gasteiger partial charge in [0.15, 0.2) is 0 Å². The average molecular weight is 388 g/mol. The van der Waals surface area contributed by atoms with Crippen molar-refractivity contribution in [1.82, 2.24) is 0 Å². The van der Waals surface area contributed by atoms with E-state index in [2.05, 4.69) is 5.32 Å². The van der Waals surface area contributed by atoms with Crippen molar-refractivity contribution < 1.29 is 12.3 Å². The van der Waals surface area contributed by atoms with Crippen molar-refractivity contribution in [3.8, 4) is 22.3 Å². The molecule has 0 aliphatic carbocycles. The molecule has 0 bridgehead atoms. The lowest BCUT2D eigenvalue weighted by atomic mass is 9.89. The van der Waals surface area contributed by atoms with Gasteiger partial charge in [0.2, 0.25) is 0 Å². The van der Waals surface area contributed by atoms with E-state index in [4.69, 9.17) is 18.1 Å². The van der Waals surface area contributed by atoms with Crippen molar-refractivity contribution in [3.05, 3.63) is 102 Å². The van der Waals surface area contributed by atoms with E-state index < -0.39 is 24.2 Å². The van der Waals surface area contributed by atoms with Gasteiger partial charge >= 0.3 is 0 Å². The Morgan fingerprint density at radius 3 is 2.10 bits per heavy atom. The summed E-state index contributed by atoms with van der Waals surface area (Å²) in [5.41, 5.74) is 8.98. The Morgan fingerprint density at radius 1 is 0.793 bits per heavy atom. The smallest absolute Gasteiger partial charge is 0.0629 e. The molecule has 0 amide bonds. The molecule has 0 fully saturated rings. The molecule has 4 rings (SSSR count). The maximum Gasteiger partial charge on any atom is 0.0629 e. The Morgan fingerprint density at radius 2 is 1.41 bits per heavy atom. The van der Waals surface area contributed by atoms with Crippen LogP contribution in [0.1, 0.15) is 37.7 Å². The highest BCUT2D eigenvalue weighted by Gasteiger charge is 2.16. The fourth-order valence-corrected chi connectivity index (χ4v) is 3.10. The number of benzene rings is 4. The van der Waals surface area contributed by atoms with E-state index >= 15 is 0 Å². The van der Waals surface area contributed by atoms with Crippen molar-refractivity contribution in [3.63, 3.8) is 0 Å². The van der Waals surface area contributed by atoms with Crippen molar-refractivity contribution in [2.45, 2.75) is 19.8 Å². The summed E-state index contributed by atoms with van der Waals surface area (Å²) in [5, 5.41) is 3.25. The molecule has 0 saturated heterocycles.